The van der Waals surface area contributed by atoms with E-state index in [1.807, 2.05) is 6.92 Å². The summed E-state index contributed by atoms with van der Waals surface area (Å²) in [7, 11) is 0. The predicted molar refractivity (Wildman–Crippen MR) is 87.2 cm³/mol. The van der Waals surface area contributed by atoms with Gasteiger partial charge in [-0.3, -0.25) is 0 Å². The molecule has 5 atom stereocenters. The Morgan fingerprint density at radius 3 is 2.09 bits per heavy atom. The van der Waals surface area contributed by atoms with Gasteiger partial charge >= 0.3 is 0 Å². The van der Waals surface area contributed by atoms with Gasteiger partial charge in [-0.1, -0.05) is 18.2 Å². The first-order valence-electron chi connectivity index (χ1n) is 7.78. The predicted octanol–water partition coefficient (Wildman–Crippen LogP) is 1.45. The summed E-state index contributed by atoms with van der Waals surface area (Å²) in [6.45, 7) is 14.4. The molecule has 0 saturated carbocycles. The average Bonchev–Trinajstić information content (AvgIpc) is 2.55. The number of aliphatic hydroxyl groups excluding tert-OH is 1. The molecule has 1 N–H and O–H groups in total. The molecule has 0 bridgehead atoms. The summed E-state index contributed by atoms with van der Waals surface area (Å²) < 4.78 is 28.3. The van der Waals surface area contributed by atoms with Gasteiger partial charge in [-0.05, 0) is 6.92 Å². The van der Waals surface area contributed by atoms with Gasteiger partial charge < -0.3 is 28.8 Å². The Hall–Kier alpha value is -1.02. The first kappa shape index (κ1) is 20.0. The number of hydrogen-bond acceptors (Lipinski definition) is 6. The molecule has 0 aliphatic carbocycles. The molecule has 1 aliphatic heterocycles. The number of ether oxygens (including phenoxy) is 5. The highest BCUT2D eigenvalue weighted by Crippen LogP contribution is 2.27. The molecule has 6 nitrogen and oxygen atoms in total. The van der Waals surface area contributed by atoms with Gasteiger partial charge in [0.25, 0.3) is 0 Å². The molecule has 132 valence electrons. The van der Waals surface area contributed by atoms with E-state index < -0.39 is 30.7 Å². The summed E-state index contributed by atoms with van der Waals surface area (Å²) in [4.78, 5) is 0. The van der Waals surface area contributed by atoms with Gasteiger partial charge in [-0.2, -0.15) is 0 Å². The van der Waals surface area contributed by atoms with Crippen molar-refractivity contribution < 1.29 is 28.8 Å². The summed E-state index contributed by atoms with van der Waals surface area (Å²) in [5.74, 6) is 0. The van der Waals surface area contributed by atoms with Crippen molar-refractivity contribution in [1.82, 2.24) is 0 Å². The summed E-state index contributed by atoms with van der Waals surface area (Å²) in [6, 6.07) is 0. The molecule has 23 heavy (non-hydrogen) atoms. The van der Waals surface area contributed by atoms with Crippen LogP contribution < -0.4 is 0 Å². The largest absolute Gasteiger partial charge is 0.375 e. The lowest BCUT2D eigenvalue weighted by molar-refractivity contribution is -0.308. The van der Waals surface area contributed by atoms with Crippen LogP contribution in [0, 0.1) is 0 Å². The Morgan fingerprint density at radius 2 is 1.52 bits per heavy atom. The van der Waals surface area contributed by atoms with Gasteiger partial charge in [0.1, 0.15) is 24.4 Å². The van der Waals surface area contributed by atoms with Crippen molar-refractivity contribution in [2.75, 3.05) is 33.0 Å². The molecule has 0 radical (unpaired) electrons. The normalized spacial score (nSPS) is 30.8. The fourth-order valence-electron chi connectivity index (χ4n) is 2.42. The lowest BCUT2D eigenvalue weighted by Crippen LogP contribution is -2.61. The molecule has 1 heterocycles. The van der Waals surface area contributed by atoms with E-state index in [-0.39, 0.29) is 6.61 Å². The molecule has 2 unspecified atom stereocenters. The van der Waals surface area contributed by atoms with Crippen LogP contribution in [0.25, 0.3) is 0 Å². The van der Waals surface area contributed by atoms with E-state index >= 15 is 0 Å². The molecule has 0 spiro atoms. The molecule has 1 rings (SSSR count). The van der Waals surface area contributed by atoms with Crippen LogP contribution in [-0.4, -0.2) is 68.8 Å². The van der Waals surface area contributed by atoms with E-state index in [0.717, 1.165) is 0 Å². The highest BCUT2D eigenvalue weighted by molar-refractivity contribution is 4.93. The fourth-order valence-corrected chi connectivity index (χ4v) is 2.42. The van der Waals surface area contributed by atoms with Crippen molar-refractivity contribution in [3.8, 4) is 0 Å². The summed E-state index contributed by atoms with van der Waals surface area (Å²) in [5.41, 5.74) is 0. The first-order chi connectivity index (χ1) is 11.2. The topological polar surface area (TPSA) is 66.4 Å². The average molecular weight is 328 g/mol. The minimum absolute atomic E-state index is 0.248. The van der Waals surface area contributed by atoms with E-state index in [0.29, 0.717) is 26.4 Å². The molecule has 1 saturated heterocycles. The summed E-state index contributed by atoms with van der Waals surface area (Å²) >= 11 is 0. The van der Waals surface area contributed by atoms with Crippen molar-refractivity contribution in [1.29, 1.82) is 0 Å². The zero-order valence-corrected chi connectivity index (χ0v) is 13.8. The second-order valence-corrected chi connectivity index (χ2v) is 4.98. The minimum Gasteiger partial charge on any atom is -0.375 e. The molecule has 0 amide bonds. The third kappa shape index (κ3) is 6.18. The summed E-state index contributed by atoms with van der Waals surface area (Å²) in [6.07, 6.45) is 1.71. The van der Waals surface area contributed by atoms with Crippen LogP contribution in [0.5, 0.6) is 0 Å². The molecular formula is C17H28O6. The quantitative estimate of drug-likeness (QED) is 0.432. The van der Waals surface area contributed by atoms with Crippen LogP contribution in [-0.2, 0) is 23.7 Å². The molecule has 6 heteroatoms. The number of aliphatic hydroxyl groups is 1. The van der Waals surface area contributed by atoms with E-state index in [4.69, 9.17) is 23.7 Å². The molecule has 0 aromatic rings. The Bertz CT molecular complexity index is 359. The van der Waals surface area contributed by atoms with Crippen LogP contribution in [0.4, 0.5) is 0 Å². The Kier molecular flexibility index (Phi) is 10.0. The highest BCUT2D eigenvalue weighted by Gasteiger charge is 2.47. The zero-order chi connectivity index (χ0) is 17.1. The van der Waals surface area contributed by atoms with E-state index in [1.54, 1.807) is 18.2 Å². The second kappa shape index (κ2) is 11.5. The Morgan fingerprint density at radius 1 is 0.913 bits per heavy atom. The third-order valence-corrected chi connectivity index (χ3v) is 3.30. The van der Waals surface area contributed by atoms with Gasteiger partial charge in [-0.25, -0.2) is 0 Å². The third-order valence-electron chi connectivity index (χ3n) is 3.30. The van der Waals surface area contributed by atoms with Gasteiger partial charge in [0.2, 0.25) is 0 Å². The van der Waals surface area contributed by atoms with E-state index in [2.05, 4.69) is 19.7 Å². The van der Waals surface area contributed by atoms with Crippen LogP contribution in [0.1, 0.15) is 6.92 Å². The molecule has 1 fully saturated rings. The van der Waals surface area contributed by atoms with Crippen LogP contribution in [0.2, 0.25) is 0 Å². The highest BCUT2D eigenvalue weighted by atomic mass is 16.7. The van der Waals surface area contributed by atoms with Crippen molar-refractivity contribution in [2.45, 2.75) is 37.6 Å². The van der Waals surface area contributed by atoms with Gasteiger partial charge in [0, 0.05) is 6.61 Å². The van der Waals surface area contributed by atoms with Crippen molar-refractivity contribution in [3.05, 3.63) is 38.0 Å². The SMILES string of the molecule is C=CCOCC1O[C@@H](O)C(OCC)[C@@H](OCC=C)[C@@H]1OCC=C. The van der Waals surface area contributed by atoms with Gasteiger partial charge in [0.05, 0.1) is 26.4 Å². The van der Waals surface area contributed by atoms with Crippen molar-refractivity contribution in [2.24, 2.45) is 0 Å². The minimum atomic E-state index is -1.12. The van der Waals surface area contributed by atoms with Crippen LogP contribution in [0.15, 0.2) is 38.0 Å². The Balaban J connectivity index is 2.89. The maximum absolute atomic E-state index is 10.2. The lowest BCUT2D eigenvalue weighted by atomic mass is 9.98. The fraction of sp³-hybridized carbons (Fsp3) is 0.647. The molecule has 0 aromatic heterocycles. The molecule has 0 aromatic carbocycles. The maximum atomic E-state index is 10.2. The maximum Gasteiger partial charge on any atom is 0.184 e. The van der Waals surface area contributed by atoms with Crippen molar-refractivity contribution >= 4 is 0 Å². The smallest absolute Gasteiger partial charge is 0.184 e. The van der Waals surface area contributed by atoms with E-state index in [1.165, 1.54) is 0 Å². The summed E-state index contributed by atoms with van der Waals surface area (Å²) in [5, 5.41) is 10.2. The number of rotatable bonds is 12. The van der Waals surface area contributed by atoms with E-state index in [9.17, 15) is 5.11 Å². The van der Waals surface area contributed by atoms with Gasteiger partial charge in [0.15, 0.2) is 6.29 Å². The lowest BCUT2D eigenvalue weighted by Gasteiger charge is -2.44. The monoisotopic (exact) mass is 328 g/mol. The zero-order valence-electron chi connectivity index (χ0n) is 13.8. The first-order valence-corrected chi connectivity index (χ1v) is 7.78. The van der Waals surface area contributed by atoms with Crippen LogP contribution in [0.3, 0.4) is 0 Å². The number of hydrogen-bond donors (Lipinski definition) is 1. The van der Waals surface area contributed by atoms with Crippen molar-refractivity contribution in [3.63, 3.8) is 0 Å². The Labute approximate surface area is 138 Å². The molecule has 1 aliphatic rings. The van der Waals surface area contributed by atoms with Crippen LogP contribution >= 0.6 is 0 Å². The van der Waals surface area contributed by atoms with Gasteiger partial charge in [-0.15, -0.1) is 19.7 Å². The standard InChI is InChI=1S/C17H28O6/c1-5-9-19-12-13-14(21-10-6-2)15(22-11-7-3)16(20-8-4)17(18)23-13/h5-7,13-18H,1-3,8-12H2,4H3/t13?,14-,15+,16?,17-/m1/s1. The second-order valence-electron chi connectivity index (χ2n) is 4.98. The molecular weight excluding hydrogens is 300 g/mol.